The minimum atomic E-state index is -1.03. The molecule has 0 spiro atoms. The normalized spacial score (nSPS) is 10.2. The molecule has 0 aliphatic carbocycles. The summed E-state index contributed by atoms with van der Waals surface area (Å²) < 4.78 is 4.90. The van der Waals surface area contributed by atoms with Gasteiger partial charge in [0.2, 0.25) is 5.89 Å². The van der Waals surface area contributed by atoms with Crippen LogP contribution >= 0.6 is 0 Å². The molecule has 0 aliphatic rings. The van der Waals surface area contributed by atoms with Crippen LogP contribution in [0.4, 0.5) is 4.79 Å². The first-order valence-corrected chi connectivity index (χ1v) is 6.06. The molecule has 0 saturated heterocycles. The molecule has 0 atom stereocenters. The van der Waals surface area contributed by atoms with Crippen molar-refractivity contribution in [3.8, 4) is 0 Å². The van der Waals surface area contributed by atoms with Gasteiger partial charge in [0.15, 0.2) is 5.82 Å². The number of nitrogens with zero attached hydrogens (tertiary/aromatic N) is 3. The molecule has 0 fully saturated rings. The number of carbonyl (C=O) groups is 2. The summed E-state index contributed by atoms with van der Waals surface area (Å²) in [5.74, 6) is -0.0472. The Balaban J connectivity index is 2.37. The quantitative estimate of drug-likeness (QED) is 0.743. The summed E-state index contributed by atoms with van der Waals surface area (Å²) in [7, 11) is 0. The number of hydrogen-bond acceptors (Lipinski definition) is 5. The Bertz CT molecular complexity index is 432. The lowest BCUT2D eigenvalue weighted by molar-refractivity contribution is -0.137. The van der Waals surface area contributed by atoms with E-state index in [0.717, 1.165) is 0 Å². The fourth-order valence-electron chi connectivity index (χ4n) is 1.52. The van der Waals surface area contributed by atoms with Gasteiger partial charge in [0.25, 0.3) is 0 Å². The average Bonchev–Trinajstić information content (AvgIpc) is 2.74. The van der Waals surface area contributed by atoms with Crippen LogP contribution in [0.1, 0.15) is 25.1 Å². The van der Waals surface area contributed by atoms with Gasteiger partial charge in [0, 0.05) is 19.5 Å². The second-order valence-corrected chi connectivity index (χ2v) is 4.03. The van der Waals surface area contributed by atoms with Gasteiger partial charge >= 0.3 is 12.0 Å². The predicted octanol–water partition coefficient (Wildman–Crippen LogP) is 0.427. The van der Waals surface area contributed by atoms with Gasteiger partial charge in [-0.2, -0.15) is 4.98 Å². The van der Waals surface area contributed by atoms with Gasteiger partial charge in [-0.1, -0.05) is 12.1 Å². The number of aryl methyl sites for hydroxylation is 1. The minimum absolute atomic E-state index is 0.306. The molecule has 0 aliphatic heterocycles. The molecule has 106 valence electrons. The number of aliphatic carboxylic acids is 1. The van der Waals surface area contributed by atoms with Crippen LogP contribution in [0.25, 0.3) is 0 Å². The van der Waals surface area contributed by atoms with Crippen molar-refractivity contribution in [2.75, 3.05) is 19.6 Å². The van der Waals surface area contributed by atoms with E-state index in [-0.39, 0.29) is 6.54 Å². The van der Waals surface area contributed by atoms with E-state index < -0.39 is 12.0 Å². The first kappa shape index (κ1) is 14.9. The van der Waals surface area contributed by atoms with E-state index in [0.29, 0.717) is 37.6 Å². The molecule has 0 aromatic carbocycles. The maximum atomic E-state index is 11.7. The van der Waals surface area contributed by atoms with E-state index >= 15 is 0 Å². The summed E-state index contributed by atoms with van der Waals surface area (Å²) in [4.78, 5) is 27.6. The van der Waals surface area contributed by atoms with Gasteiger partial charge in [-0.25, -0.2) is 4.79 Å². The van der Waals surface area contributed by atoms with E-state index in [4.69, 9.17) is 9.63 Å². The van der Waals surface area contributed by atoms with Crippen molar-refractivity contribution in [3.05, 3.63) is 11.7 Å². The molecule has 1 aromatic rings. The van der Waals surface area contributed by atoms with Crippen LogP contribution in [0.3, 0.4) is 0 Å². The first-order valence-electron chi connectivity index (χ1n) is 6.06. The summed E-state index contributed by atoms with van der Waals surface area (Å²) in [5, 5.41) is 15.0. The molecule has 19 heavy (non-hydrogen) atoms. The van der Waals surface area contributed by atoms with Gasteiger partial charge < -0.3 is 19.8 Å². The van der Waals surface area contributed by atoms with E-state index in [9.17, 15) is 9.59 Å². The van der Waals surface area contributed by atoms with E-state index in [1.165, 1.54) is 4.90 Å². The number of hydrogen-bond donors (Lipinski definition) is 2. The summed E-state index contributed by atoms with van der Waals surface area (Å²) in [5.41, 5.74) is 0. The van der Waals surface area contributed by atoms with Crippen molar-refractivity contribution < 1.29 is 19.2 Å². The third-order valence-electron chi connectivity index (χ3n) is 2.29. The molecule has 0 bridgehead atoms. The SMILES string of the molecule is CCCN(CC(=O)O)C(=O)NCCc1nc(C)no1. The van der Waals surface area contributed by atoms with Crippen molar-refractivity contribution in [3.63, 3.8) is 0 Å². The molecule has 1 aromatic heterocycles. The predicted molar refractivity (Wildman–Crippen MR) is 65.6 cm³/mol. The summed E-state index contributed by atoms with van der Waals surface area (Å²) >= 11 is 0. The number of carbonyl (C=O) groups excluding carboxylic acids is 1. The number of urea groups is 1. The Kier molecular flexibility index (Phi) is 5.77. The second-order valence-electron chi connectivity index (χ2n) is 4.03. The molecule has 1 rings (SSSR count). The third kappa shape index (κ3) is 5.36. The lowest BCUT2D eigenvalue weighted by atomic mass is 10.4. The fraction of sp³-hybridized carbons (Fsp3) is 0.636. The highest BCUT2D eigenvalue weighted by molar-refractivity contribution is 5.80. The number of carboxylic acids is 1. The van der Waals surface area contributed by atoms with E-state index in [1.54, 1.807) is 6.92 Å². The van der Waals surface area contributed by atoms with Gasteiger partial charge in [-0.15, -0.1) is 0 Å². The number of rotatable bonds is 7. The monoisotopic (exact) mass is 270 g/mol. The molecule has 2 amide bonds. The Hall–Kier alpha value is -2.12. The summed E-state index contributed by atoms with van der Waals surface area (Å²) in [6.07, 6.45) is 1.11. The van der Waals surface area contributed by atoms with Gasteiger partial charge in [0.1, 0.15) is 6.54 Å². The van der Waals surface area contributed by atoms with Crippen LogP contribution in [0.15, 0.2) is 4.52 Å². The topological polar surface area (TPSA) is 109 Å². The lowest BCUT2D eigenvalue weighted by Crippen LogP contribution is -2.43. The van der Waals surface area contributed by atoms with Crippen LogP contribution in [0, 0.1) is 6.92 Å². The van der Waals surface area contributed by atoms with Crippen molar-refractivity contribution in [2.24, 2.45) is 0 Å². The van der Waals surface area contributed by atoms with E-state index in [2.05, 4.69) is 15.5 Å². The van der Waals surface area contributed by atoms with Crippen molar-refractivity contribution in [1.82, 2.24) is 20.4 Å². The average molecular weight is 270 g/mol. The van der Waals surface area contributed by atoms with Crippen molar-refractivity contribution in [1.29, 1.82) is 0 Å². The zero-order valence-corrected chi connectivity index (χ0v) is 11.0. The Morgan fingerprint density at radius 2 is 2.21 bits per heavy atom. The van der Waals surface area contributed by atoms with Crippen LogP contribution in [0.2, 0.25) is 0 Å². The maximum Gasteiger partial charge on any atom is 0.323 e. The molecule has 8 nitrogen and oxygen atoms in total. The van der Waals surface area contributed by atoms with Crippen molar-refractivity contribution in [2.45, 2.75) is 26.7 Å². The molecule has 0 saturated carbocycles. The Morgan fingerprint density at radius 1 is 1.47 bits per heavy atom. The molecular formula is C11H18N4O4. The molecular weight excluding hydrogens is 252 g/mol. The standard InChI is InChI=1S/C11H18N4O4/c1-3-6-15(7-10(16)17)11(18)12-5-4-9-13-8(2)14-19-9/h3-7H2,1-2H3,(H,12,18)(H,16,17). The fourth-order valence-corrected chi connectivity index (χ4v) is 1.52. The largest absolute Gasteiger partial charge is 0.480 e. The van der Waals surface area contributed by atoms with Crippen LogP contribution in [-0.4, -0.2) is 51.8 Å². The van der Waals surface area contributed by atoms with Crippen LogP contribution in [-0.2, 0) is 11.2 Å². The highest BCUT2D eigenvalue weighted by Crippen LogP contribution is 1.97. The minimum Gasteiger partial charge on any atom is -0.480 e. The Morgan fingerprint density at radius 3 is 2.74 bits per heavy atom. The number of aromatic nitrogens is 2. The van der Waals surface area contributed by atoms with Crippen LogP contribution in [0.5, 0.6) is 0 Å². The molecule has 2 N–H and O–H groups in total. The Labute approximate surface area is 110 Å². The van der Waals surface area contributed by atoms with Crippen molar-refractivity contribution >= 4 is 12.0 Å². The molecule has 8 heteroatoms. The maximum absolute atomic E-state index is 11.7. The van der Waals surface area contributed by atoms with E-state index in [1.807, 2.05) is 6.92 Å². The smallest absolute Gasteiger partial charge is 0.323 e. The summed E-state index contributed by atoms with van der Waals surface area (Å²) in [6.45, 7) is 4.00. The van der Waals surface area contributed by atoms with Crippen LogP contribution < -0.4 is 5.32 Å². The van der Waals surface area contributed by atoms with Gasteiger partial charge in [-0.3, -0.25) is 4.79 Å². The number of nitrogens with one attached hydrogen (secondary N) is 1. The van der Waals surface area contributed by atoms with Gasteiger partial charge in [-0.05, 0) is 13.3 Å². The molecule has 0 radical (unpaired) electrons. The van der Waals surface area contributed by atoms with Gasteiger partial charge in [0.05, 0.1) is 0 Å². The number of amides is 2. The summed E-state index contributed by atoms with van der Waals surface area (Å²) in [6, 6.07) is -0.402. The highest BCUT2D eigenvalue weighted by Gasteiger charge is 2.15. The zero-order chi connectivity index (χ0) is 14.3. The number of carboxylic acid groups (broad SMARTS) is 1. The highest BCUT2D eigenvalue weighted by atomic mass is 16.5. The molecule has 0 unspecified atom stereocenters. The zero-order valence-electron chi connectivity index (χ0n) is 11.0. The first-order chi connectivity index (χ1) is 9.02. The lowest BCUT2D eigenvalue weighted by Gasteiger charge is -2.20. The molecule has 1 heterocycles. The second kappa shape index (κ2) is 7.34. The third-order valence-corrected chi connectivity index (χ3v) is 2.29.